The SMILES string of the molecule is CCOC=CCC1CC(=O)c2ccccc2S1. The number of fused-ring (bicyclic) bond motifs is 1. The minimum Gasteiger partial charge on any atom is -0.502 e. The maximum atomic E-state index is 11.9. The van der Waals surface area contributed by atoms with Gasteiger partial charge in [0.05, 0.1) is 12.9 Å². The largest absolute Gasteiger partial charge is 0.502 e. The van der Waals surface area contributed by atoms with Crippen molar-refractivity contribution in [2.24, 2.45) is 0 Å². The number of ether oxygens (including phenoxy) is 1. The third-order valence-electron chi connectivity index (χ3n) is 2.65. The molecular weight excluding hydrogens is 232 g/mol. The van der Waals surface area contributed by atoms with E-state index in [9.17, 15) is 4.79 Å². The Morgan fingerprint density at radius 2 is 2.29 bits per heavy atom. The summed E-state index contributed by atoms with van der Waals surface area (Å²) in [6, 6.07) is 7.84. The number of benzene rings is 1. The first-order chi connectivity index (χ1) is 8.31. The molecular formula is C14H16O2S. The van der Waals surface area contributed by atoms with Crippen molar-refractivity contribution < 1.29 is 9.53 Å². The molecule has 2 nitrogen and oxygen atoms in total. The first-order valence-corrected chi connectivity index (χ1v) is 6.74. The number of allylic oxidation sites excluding steroid dienone is 1. The van der Waals surface area contributed by atoms with Crippen LogP contribution in [0.3, 0.4) is 0 Å². The van der Waals surface area contributed by atoms with Gasteiger partial charge in [0.2, 0.25) is 0 Å². The van der Waals surface area contributed by atoms with Crippen LogP contribution < -0.4 is 0 Å². The smallest absolute Gasteiger partial charge is 0.165 e. The predicted octanol–water partition coefficient (Wildman–Crippen LogP) is 3.67. The summed E-state index contributed by atoms with van der Waals surface area (Å²) in [6.07, 6.45) is 5.23. The lowest BCUT2D eigenvalue weighted by Crippen LogP contribution is -2.16. The minimum atomic E-state index is 0.258. The normalized spacial score (nSPS) is 19.4. The second kappa shape index (κ2) is 5.92. The van der Waals surface area contributed by atoms with Gasteiger partial charge in [0.25, 0.3) is 0 Å². The van der Waals surface area contributed by atoms with E-state index < -0.39 is 0 Å². The first-order valence-electron chi connectivity index (χ1n) is 5.86. The molecule has 0 radical (unpaired) electrons. The molecule has 17 heavy (non-hydrogen) atoms. The van der Waals surface area contributed by atoms with Crippen molar-refractivity contribution in [1.82, 2.24) is 0 Å². The summed E-state index contributed by atoms with van der Waals surface area (Å²) < 4.78 is 5.15. The fourth-order valence-corrected chi connectivity index (χ4v) is 3.11. The molecule has 0 amide bonds. The molecule has 0 aliphatic carbocycles. The van der Waals surface area contributed by atoms with Crippen LogP contribution in [0.25, 0.3) is 0 Å². The standard InChI is InChI=1S/C14H16O2S/c1-2-16-9-5-6-11-10-13(15)12-7-3-4-8-14(12)17-11/h3-5,7-9,11H,2,6,10H2,1H3. The van der Waals surface area contributed by atoms with Crippen LogP contribution >= 0.6 is 11.8 Å². The van der Waals surface area contributed by atoms with Gasteiger partial charge in [0.1, 0.15) is 0 Å². The molecule has 1 heterocycles. The first kappa shape index (κ1) is 12.2. The number of rotatable bonds is 4. The fourth-order valence-electron chi connectivity index (χ4n) is 1.84. The van der Waals surface area contributed by atoms with E-state index in [0.717, 1.165) is 16.9 Å². The average Bonchev–Trinajstić information content (AvgIpc) is 2.35. The monoisotopic (exact) mass is 248 g/mol. The van der Waals surface area contributed by atoms with Gasteiger partial charge in [-0.3, -0.25) is 4.79 Å². The predicted molar refractivity (Wildman–Crippen MR) is 70.4 cm³/mol. The van der Waals surface area contributed by atoms with E-state index in [-0.39, 0.29) is 5.78 Å². The van der Waals surface area contributed by atoms with Gasteiger partial charge in [0.15, 0.2) is 5.78 Å². The van der Waals surface area contributed by atoms with Gasteiger partial charge in [-0.05, 0) is 25.5 Å². The molecule has 0 spiro atoms. The van der Waals surface area contributed by atoms with Gasteiger partial charge in [0, 0.05) is 22.1 Å². The number of thioether (sulfide) groups is 1. The minimum absolute atomic E-state index is 0.258. The Labute approximate surface area is 106 Å². The van der Waals surface area contributed by atoms with Crippen LogP contribution in [0.5, 0.6) is 0 Å². The fraction of sp³-hybridized carbons (Fsp3) is 0.357. The molecule has 1 aliphatic rings. The number of Topliss-reactive ketones (excluding diaryl/α,β-unsaturated/α-hetero) is 1. The molecule has 0 N–H and O–H groups in total. The second-order valence-electron chi connectivity index (χ2n) is 3.93. The molecule has 0 fully saturated rings. The van der Waals surface area contributed by atoms with E-state index in [0.29, 0.717) is 18.3 Å². The summed E-state index contributed by atoms with van der Waals surface area (Å²) >= 11 is 1.79. The van der Waals surface area contributed by atoms with E-state index in [2.05, 4.69) is 0 Å². The quantitative estimate of drug-likeness (QED) is 0.760. The third kappa shape index (κ3) is 3.13. The van der Waals surface area contributed by atoms with Crippen molar-refractivity contribution >= 4 is 17.5 Å². The number of carbonyl (C=O) groups is 1. The highest BCUT2D eigenvalue weighted by atomic mass is 32.2. The zero-order valence-electron chi connectivity index (χ0n) is 9.89. The lowest BCUT2D eigenvalue weighted by Gasteiger charge is -2.21. The van der Waals surface area contributed by atoms with Crippen molar-refractivity contribution in [3.63, 3.8) is 0 Å². The summed E-state index contributed by atoms with van der Waals surface area (Å²) in [5.74, 6) is 0.258. The van der Waals surface area contributed by atoms with E-state index in [1.54, 1.807) is 18.0 Å². The van der Waals surface area contributed by atoms with E-state index in [1.807, 2.05) is 37.3 Å². The Morgan fingerprint density at radius 1 is 1.47 bits per heavy atom. The van der Waals surface area contributed by atoms with Gasteiger partial charge in [-0.15, -0.1) is 11.8 Å². The molecule has 0 aromatic heterocycles. The number of hydrogen-bond acceptors (Lipinski definition) is 3. The Balaban J connectivity index is 1.99. The van der Waals surface area contributed by atoms with Crippen molar-refractivity contribution in [2.75, 3.05) is 6.61 Å². The molecule has 1 aromatic rings. The molecule has 2 rings (SSSR count). The molecule has 3 heteroatoms. The summed E-state index contributed by atoms with van der Waals surface area (Å²) in [5, 5.41) is 0.342. The van der Waals surface area contributed by atoms with Crippen LogP contribution in [0, 0.1) is 0 Å². The lowest BCUT2D eigenvalue weighted by molar-refractivity contribution is 0.0977. The van der Waals surface area contributed by atoms with Crippen molar-refractivity contribution in [3.8, 4) is 0 Å². The van der Waals surface area contributed by atoms with Gasteiger partial charge >= 0.3 is 0 Å². The number of ketones is 1. The summed E-state index contributed by atoms with van der Waals surface area (Å²) in [4.78, 5) is 13.0. The topological polar surface area (TPSA) is 26.3 Å². The zero-order valence-corrected chi connectivity index (χ0v) is 10.7. The molecule has 1 aliphatic heterocycles. The second-order valence-corrected chi connectivity index (χ2v) is 5.27. The zero-order chi connectivity index (χ0) is 12.1. The van der Waals surface area contributed by atoms with Gasteiger partial charge in [-0.2, -0.15) is 0 Å². The molecule has 1 atom stereocenters. The van der Waals surface area contributed by atoms with Crippen molar-refractivity contribution in [3.05, 3.63) is 42.2 Å². The number of hydrogen-bond donors (Lipinski definition) is 0. The Kier molecular flexibility index (Phi) is 4.26. The average molecular weight is 248 g/mol. The summed E-state index contributed by atoms with van der Waals surface area (Å²) in [5.41, 5.74) is 0.877. The molecule has 1 aromatic carbocycles. The van der Waals surface area contributed by atoms with Crippen LogP contribution in [0.15, 0.2) is 41.5 Å². The van der Waals surface area contributed by atoms with E-state index >= 15 is 0 Å². The Hall–Kier alpha value is -1.22. The molecule has 0 saturated heterocycles. The van der Waals surface area contributed by atoms with E-state index in [4.69, 9.17) is 4.74 Å². The van der Waals surface area contributed by atoms with Gasteiger partial charge in [-0.1, -0.05) is 18.2 Å². The highest BCUT2D eigenvalue weighted by Gasteiger charge is 2.24. The third-order valence-corrected chi connectivity index (χ3v) is 3.95. The summed E-state index contributed by atoms with van der Waals surface area (Å²) in [7, 11) is 0. The maximum absolute atomic E-state index is 11.9. The van der Waals surface area contributed by atoms with Crippen LogP contribution in [-0.4, -0.2) is 17.6 Å². The Bertz CT molecular complexity index is 426. The van der Waals surface area contributed by atoms with Crippen LogP contribution in [-0.2, 0) is 4.74 Å². The van der Waals surface area contributed by atoms with E-state index in [1.165, 1.54) is 0 Å². The highest BCUT2D eigenvalue weighted by molar-refractivity contribution is 8.00. The van der Waals surface area contributed by atoms with Gasteiger partial charge in [-0.25, -0.2) is 0 Å². The van der Waals surface area contributed by atoms with Crippen LogP contribution in [0.2, 0.25) is 0 Å². The van der Waals surface area contributed by atoms with Gasteiger partial charge < -0.3 is 4.74 Å². The number of carbonyl (C=O) groups excluding carboxylic acids is 1. The molecule has 0 bridgehead atoms. The Morgan fingerprint density at radius 3 is 3.12 bits per heavy atom. The molecule has 0 saturated carbocycles. The molecule has 90 valence electrons. The van der Waals surface area contributed by atoms with Crippen LogP contribution in [0.1, 0.15) is 30.1 Å². The molecule has 1 unspecified atom stereocenters. The van der Waals surface area contributed by atoms with Crippen molar-refractivity contribution in [2.45, 2.75) is 29.9 Å². The lowest BCUT2D eigenvalue weighted by atomic mass is 10.0. The maximum Gasteiger partial charge on any atom is 0.165 e. The summed E-state index contributed by atoms with van der Waals surface area (Å²) in [6.45, 7) is 2.65. The highest BCUT2D eigenvalue weighted by Crippen LogP contribution is 2.36. The van der Waals surface area contributed by atoms with Crippen LogP contribution in [0.4, 0.5) is 0 Å². The van der Waals surface area contributed by atoms with Crippen molar-refractivity contribution in [1.29, 1.82) is 0 Å².